The van der Waals surface area contributed by atoms with Crippen molar-refractivity contribution in [2.24, 2.45) is 0 Å². The lowest BCUT2D eigenvalue weighted by molar-refractivity contribution is -0.00525. The number of hydrogen-bond donors (Lipinski definition) is 1. The smallest absolute Gasteiger partial charge is 0.0726 e. The summed E-state index contributed by atoms with van der Waals surface area (Å²) < 4.78 is 6.94. The Hall–Kier alpha value is -0.580. The molecule has 1 aliphatic rings. The van der Waals surface area contributed by atoms with Crippen LogP contribution >= 0.6 is 15.9 Å². The number of rotatable bonds is 3. The minimum atomic E-state index is 0.289. The zero-order chi connectivity index (χ0) is 13.1. The van der Waals surface area contributed by atoms with Gasteiger partial charge in [-0.15, -0.1) is 0 Å². The first-order valence-electron chi connectivity index (χ1n) is 6.43. The van der Waals surface area contributed by atoms with Crippen LogP contribution in [0.15, 0.2) is 22.7 Å². The van der Waals surface area contributed by atoms with Gasteiger partial charge < -0.3 is 15.0 Å². The fourth-order valence-corrected chi connectivity index (χ4v) is 3.17. The van der Waals surface area contributed by atoms with E-state index in [9.17, 15) is 0 Å². The van der Waals surface area contributed by atoms with E-state index in [0.29, 0.717) is 0 Å². The van der Waals surface area contributed by atoms with Crippen molar-refractivity contribution in [3.63, 3.8) is 0 Å². The molecule has 0 bridgehead atoms. The zero-order valence-corrected chi connectivity index (χ0v) is 12.8. The maximum Gasteiger partial charge on any atom is 0.0726 e. The molecule has 0 amide bonds. The normalized spacial score (nSPS) is 24.3. The average molecular weight is 313 g/mol. The molecule has 1 fully saturated rings. The summed E-state index contributed by atoms with van der Waals surface area (Å²) in [5.41, 5.74) is 2.55. The largest absolute Gasteiger partial charge is 0.372 e. The van der Waals surface area contributed by atoms with Crippen LogP contribution in [0.5, 0.6) is 0 Å². The predicted molar refractivity (Wildman–Crippen MR) is 79.1 cm³/mol. The Morgan fingerprint density at radius 3 is 2.56 bits per heavy atom. The van der Waals surface area contributed by atoms with Gasteiger partial charge in [-0.1, -0.05) is 6.07 Å². The lowest BCUT2D eigenvalue weighted by Crippen LogP contribution is -2.45. The van der Waals surface area contributed by atoms with Crippen molar-refractivity contribution in [3.8, 4) is 0 Å². The summed E-state index contributed by atoms with van der Waals surface area (Å²) in [6.45, 7) is 7.06. The van der Waals surface area contributed by atoms with E-state index in [1.807, 2.05) is 7.05 Å². The van der Waals surface area contributed by atoms with Gasteiger partial charge in [-0.25, -0.2) is 0 Å². The number of nitrogens with zero attached hydrogens (tertiary/aromatic N) is 1. The van der Waals surface area contributed by atoms with Crippen LogP contribution in [0.25, 0.3) is 0 Å². The maximum atomic E-state index is 5.77. The van der Waals surface area contributed by atoms with E-state index in [4.69, 9.17) is 4.74 Å². The van der Waals surface area contributed by atoms with Crippen LogP contribution in [0.4, 0.5) is 5.69 Å². The number of ether oxygens (including phenoxy) is 1. The highest BCUT2D eigenvalue weighted by Crippen LogP contribution is 2.29. The van der Waals surface area contributed by atoms with Crippen LogP contribution in [-0.4, -0.2) is 32.3 Å². The first kappa shape index (κ1) is 13.8. The van der Waals surface area contributed by atoms with Gasteiger partial charge in [0.25, 0.3) is 0 Å². The molecule has 1 aromatic carbocycles. The van der Waals surface area contributed by atoms with Gasteiger partial charge in [0.15, 0.2) is 0 Å². The van der Waals surface area contributed by atoms with Crippen molar-refractivity contribution in [2.75, 3.05) is 25.0 Å². The molecule has 1 N–H and O–H groups in total. The van der Waals surface area contributed by atoms with Crippen molar-refractivity contribution in [1.82, 2.24) is 5.32 Å². The summed E-state index contributed by atoms with van der Waals surface area (Å²) in [6.07, 6.45) is 0.579. The minimum Gasteiger partial charge on any atom is -0.372 e. The second-order valence-corrected chi connectivity index (χ2v) is 5.83. The Balaban J connectivity index is 2.17. The molecule has 0 unspecified atom stereocenters. The lowest BCUT2D eigenvalue weighted by Gasteiger charge is -2.37. The molecule has 3 nitrogen and oxygen atoms in total. The van der Waals surface area contributed by atoms with Gasteiger partial charge in [0, 0.05) is 24.1 Å². The standard InChI is InChI=1S/C14H21BrN2O/c1-10-8-17(9-11(2)18-10)14-5-4-12(7-16-3)6-13(14)15/h4-6,10-11,16H,7-9H2,1-3H3/t10-,11+. The van der Waals surface area contributed by atoms with Crippen LogP contribution in [0.2, 0.25) is 0 Å². The van der Waals surface area contributed by atoms with Gasteiger partial charge >= 0.3 is 0 Å². The van der Waals surface area contributed by atoms with Gasteiger partial charge in [-0.2, -0.15) is 0 Å². The number of morpholine rings is 1. The lowest BCUT2D eigenvalue weighted by atomic mass is 10.1. The van der Waals surface area contributed by atoms with Crippen molar-refractivity contribution in [2.45, 2.75) is 32.6 Å². The van der Waals surface area contributed by atoms with Crippen molar-refractivity contribution in [1.29, 1.82) is 0 Å². The Morgan fingerprint density at radius 1 is 1.33 bits per heavy atom. The molecule has 1 heterocycles. The Morgan fingerprint density at radius 2 is 2.00 bits per heavy atom. The fourth-order valence-electron chi connectivity index (χ4n) is 2.50. The first-order valence-corrected chi connectivity index (χ1v) is 7.23. The number of anilines is 1. The first-order chi connectivity index (χ1) is 8.60. The topological polar surface area (TPSA) is 24.5 Å². The quantitative estimate of drug-likeness (QED) is 0.929. The molecule has 0 aliphatic carbocycles. The van der Waals surface area contributed by atoms with E-state index in [0.717, 1.165) is 24.1 Å². The summed E-state index contributed by atoms with van der Waals surface area (Å²) in [7, 11) is 1.97. The molecule has 2 atom stereocenters. The van der Waals surface area contributed by atoms with Gasteiger partial charge in [0.2, 0.25) is 0 Å². The molecule has 1 aliphatic heterocycles. The van der Waals surface area contributed by atoms with Crippen LogP contribution in [-0.2, 0) is 11.3 Å². The number of benzene rings is 1. The molecule has 2 rings (SSSR count). The zero-order valence-electron chi connectivity index (χ0n) is 11.2. The Kier molecular flexibility index (Phi) is 4.65. The molecule has 1 saturated heterocycles. The van der Waals surface area contributed by atoms with Gasteiger partial charge in [-0.3, -0.25) is 0 Å². The van der Waals surface area contributed by atoms with E-state index < -0.39 is 0 Å². The van der Waals surface area contributed by atoms with E-state index in [2.05, 4.69) is 58.2 Å². The van der Waals surface area contributed by atoms with E-state index >= 15 is 0 Å². The molecule has 100 valence electrons. The SMILES string of the molecule is CNCc1ccc(N2C[C@@H](C)O[C@@H](C)C2)c(Br)c1. The van der Waals surface area contributed by atoms with Crippen LogP contribution in [0.3, 0.4) is 0 Å². The molecule has 0 saturated carbocycles. The van der Waals surface area contributed by atoms with Crippen molar-refractivity contribution < 1.29 is 4.74 Å². The predicted octanol–water partition coefficient (Wildman–Crippen LogP) is 2.78. The van der Waals surface area contributed by atoms with Crippen LogP contribution in [0.1, 0.15) is 19.4 Å². The monoisotopic (exact) mass is 312 g/mol. The molecule has 18 heavy (non-hydrogen) atoms. The second kappa shape index (κ2) is 6.04. The molecule has 4 heteroatoms. The third kappa shape index (κ3) is 3.25. The van der Waals surface area contributed by atoms with Crippen LogP contribution in [0, 0.1) is 0 Å². The summed E-state index contributed by atoms with van der Waals surface area (Å²) in [5, 5.41) is 3.17. The van der Waals surface area contributed by atoms with Crippen LogP contribution < -0.4 is 10.2 Å². The molecule has 1 aromatic rings. The molecular weight excluding hydrogens is 292 g/mol. The molecular formula is C14H21BrN2O. The Bertz CT molecular complexity index is 401. The van der Waals surface area contributed by atoms with Crippen molar-refractivity contribution in [3.05, 3.63) is 28.2 Å². The summed E-state index contributed by atoms with van der Waals surface area (Å²) in [4.78, 5) is 2.39. The summed E-state index contributed by atoms with van der Waals surface area (Å²) >= 11 is 3.68. The van der Waals surface area contributed by atoms with E-state index in [1.165, 1.54) is 11.3 Å². The van der Waals surface area contributed by atoms with Gasteiger partial charge in [-0.05, 0) is 54.5 Å². The second-order valence-electron chi connectivity index (χ2n) is 4.98. The maximum absolute atomic E-state index is 5.77. The third-order valence-electron chi connectivity index (χ3n) is 3.15. The van der Waals surface area contributed by atoms with Crippen molar-refractivity contribution >= 4 is 21.6 Å². The molecule has 0 spiro atoms. The minimum absolute atomic E-state index is 0.289. The highest BCUT2D eigenvalue weighted by molar-refractivity contribution is 9.10. The van der Waals surface area contributed by atoms with E-state index in [-0.39, 0.29) is 12.2 Å². The highest BCUT2D eigenvalue weighted by atomic mass is 79.9. The fraction of sp³-hybridized carbons (Fsp3) is 0.571. The number of hydrogen-bond acceptors (Lipinski definition) is 3. The average Bonchev–Trinajstić information content (AvgIpc) is 2.28. The number of halogens is 1. The van der Waals surface area contributed by atoms with Gasteiger partial charge in [0.1, 0.15) is 0 Å². The highest BCUT2D eigenvalue weighted by Gasteiger charge is 2.23. The molecule has 0 aromatic heterocycles. The van der Waals surface area contributed by atoms with Gasteiger partial charge in [0.05, 0.1) is 17.9 Å². The molecule has 0 radical (unpaired) electrons. The number of nitrogens with one attached hydrogen (secondary N) is 1. The summed E-state index contributed by atoms with van der Waals surface area (Å²) in [6, 6.07) is 6.57. The third-order valence-corrected chi connectivity index (χ3v) is 3.79. The van der Waals surface area contributed by atoms with E-state index in [1.54, 1.807) is 0 Å². The Labute approximate surface area is 118 Å². The summed E-state index contributed by atoms with van der Waals surface area (Å²) in [5.74, 6) is 0.